The van der Waals surface area contributed by atoms with Gasteiger partial charge in [-0.2, -0.15) is 5.26 Å². The summed E-state index contributed by atoms with van der Waals surface area (Å²) in [5.41, 5.74) is 12.0. The van der Waals surface area contributed by atoms with Crippen molar-refractivity contribution in [3.63, 3.8) is 0 Å². The van der Waals surface area contributed by atoms with Crippen LogP contribution in [-0.2, 0) is 0 Å². The first kappa shape index (κ1) is 13.1. The van der Waals surface area contributed by atoms with Crippen LogP contribution in [0.5, 0.6) is 0 Å². The third kappa shape index (κ3) is 3.02. The minimum absolute atomic E-state index is 0.260. The Balaban J connectivity index is 3.21. The Morgan fingerprint density at radius 2 is 2.24 bits per heavy atom. The molecule has 0 bridgehead atoms. The number of primary amides is 1. The van der Waals surface area contributed by atoms with Crippen LogP contribution in [0.2, 0.25) is 5.02 Å². The Morgan fingerprint density at radius 3 is 2.76 bits per heavy atom. The third-order valence-corrected chi connectivity index (χ3v) is 2.58. The quantitative estimate of drug-likeness (QED) is 0.791. The van der Waals surface area contributed by atoms with E-state index >= 15 is 0 Å². The molecule has 0 saturated heterocycles. The molecule has 0 aromatic heterocycles. The molecule has 0 spiro atoms. The summed E-state index contributed by atoms with van der Waals surface area (Å²) in [7, 11) is 1.74. The monoisotopic (exact) mass is 252 g/mol. The molecule has 5 nitrogen and oxygen atoms in total. The average Bonchev–Trinajstić information content (AvgIpc) is 2.24. The van der Waals surface area contributed by atoms with Crippen LogP contribution in [0.1, 0.15) is 16.8 Å². The first-order chi connectivity index (χ1) is 7.97. The van der Waals surface area contributed by atoms with Gasteiger partial charge < -0.3 is 16.4 Å². The lowest BCUT2D eigenvalue weighted by atomic mass is 10.1. The summed E-state index contributed by atoms with van der Waals surface area (Å²) >= 11 is 6.04. The number of carbonyl (C=O) groups is 1. The van der Waals surface area contributed by atoms with Gasteiger partial charge in [0.05, 0.1) is 28.8 Å². The first-order valence-corrected chi connectivity index (χ1v) is 5.32. The predicted octanol–water partition coefficient (Wildman–Crippen LogP) is 1.37. The van der Waals surface area contributed by atoms with Gasteiger partial charge in [-0.15, -0.1) is 0 Å². The lowest BCUT2D eigenvalue weighted by Crippen LogP contribution is -2.23. The molecule has 0 aliphatic rings. The maximum atomic E-state index is 11.3. The number of nitrogens with two attached hydrogens (primary N) is 2. The third-order valence-electron chi connectivity index (χ3n) is 2.29. The van der Waals surface area contributed by atoms with Crippen LogP contribution in [0.15, 0.2) is 12.1 Å². The van der Waals surface area contributed by atoms with E-state index < -0.39 is 5.91 Å². The molecule has 0 heterocycles. The topological polar surface area (TPSA) is 96.1 Å². The number of nitriles is 1. The zero-order chi connectivity index (χ0) is 13.0. The molecule has 0 saturated carbocycles. The SMILES string of the molecule is CN(CCC#N)c1c(Cl)cc(N)cc1C(N)=O. The van der Waals surface area contributed by atoms with E-state index in [1.54, 1.807) is 18.0 Å². The van der Waals surface area contributed by atoms with Gasteiger partial charge in [-0.25, -0.2) is 0 Å². The van der Waals surface area contributed by atoms with Crippen molar-refractivity contribution in [1.29, 1.82) is 5.26 Å². The van der Waals surface area contributed by atoms with Crippen LogP contribution in [-0.4, -0.2) is 19.5 Å². The highest BCUT2D eigenvalue weighted by molar-refractivity contribution is 6.34. The second-order valence-corrected chi connectivity index (χ2v) is 4.00. The molecule has 1 amide bonds. The van der Waals surface area contributed by atoms with Crippen molar-refractivity contribution >= 4 is 28.9 Å². The molecule has 4 N–H and O–H groups in total. The minimum Gasteiger partial charge on any atom is -0.399 e. The predicted molar refractivity (Wildman–Crippen MR) is 67.9 cm³/mol. The number of hydrogen-bond acceptors (Lipinski definition) is 4. The first-order valence-electron chi connectivity index (χ1n) is 4.94. The molecule has 90 valence electrons. The van der Waals surface area contributed by atoms with Crippen molar-refractivity contribution in [2.75, 3.05) is 24.2 Å². The van der Waals surface area contributed by atoms with Gasteiger partial charge in [0, 0.05) is 19.3 Å². The van der Waals surface area contributed by atoms with Crippen molar-refractivity contribution in [3.8, 4) is 6.07 Å². The van der Waals surface area contributed by atoms with Crippen LogP contribution >= 0.6 is 11.6 Å². The van der Waals surface area contributed by atoms with Gasteiger partial charge in [0.25, 0.3) is 5.91 Å². The normalized spacial score (nSPS) is 9.71. The minimum atomic E-state index is -0.599. The smallest absolute Gasteiger partial charge is 0.250 e. The van der Waals surface area contributed by atoms with Gasteiger partial charge in [-0.3, -0.25) is 4.79 Å². The number of rotatable bonds is 4. The van der Waals surface area contributed by atoms with Gasteiger partial charge >= 0.3 is 0 Å². The maximum absolute atomic E-state index is 11.3. The molecule has 1 aromatic rings. The summed E-state index contributed by atoms with van der Waals surface area (Å²) in [5, 5.41) is 8.88. The summed E-state index contributed by atoms with van der Waals surface area (Å²) in [6.07, 6.45) is 0.329. The van der Waals surface area contributed by atoms with E-state index in [-0.39, 0.29) is 5.56 Å². The average molecular weight is 253 g/mol. The van der Waals surface area contributed by atoms with E-state index in [1.807, 2.05) is 6.07 Å². The van der Waals surface area contributed by atoms with Gasteiger partial charge in [-0.05, 0) is 12.1 Å². The Hall–Kier alpha value is -1.93. The van der Waals surface area contributed by atoms with Gasteiger partial charge in [0.15, 0.2) is 0 Å². The molecule has 0 radical (unpaired) electrons. The van der Waals surface area contributed by atoms with E-state index in [0.717, 1.165) is 0 Å². The van der Waals surface area contributed by atoms with Crippen LogP contribution < -0.4 is 16.4 Å². The van der Waals surface area contributed by atoms with E-state index in [9.17, 15) is 4.79 Å². The molecular formula is C11H13ClN4O. The number of hydrogen-bond donors (Lipinski definition) is 2. The van der Waals surface area contributed by atoms with Crippen molar-refractivity contribution in [3.05, 3.63) is 22.7 Å². The number of amides is 1. The van der Waals surface area contributed by atoms with Crippen LogP contribution in [0, 0.1) is 11.3 Å². The molecule has 0 atom stereocenters. The molecule has 0 aliphatic heterocycles. The Morgan fingerprint density at radius 1 is 1.59 bits per heavy atom. The fraction of sp³-hybridized carbons (Fsp3) is 0.273. The summed E-state index contributed by atoms with van der Waals surface area (Å²) in [5.74, 6) is -0.599. The summed E-state index contributed by atoms with van der Waals surface area (Å²) in [6, 6.07) is 5.05. The van der Waals surface area contributed by atoms with Crippen LogP contribution in [0.4, 0.5) is 11.4 Å². The highest BCUT2D eigenvalue weighted by Gasteiger charge is 2.16. The van der Waals surface area contributed by atoms with Crippen molar-refractivity contribution in [2.45, 2.75) is 6.42 Å². The zero-order valence-corrected chi connectivity index (χ0v) is 10.2. The van der Waals surface area contributed by atoms with Crippen LogP contribution in [0.3, 0.4) is 0 Å². The summed E-state index contributed by atoms with van der Waals surface area (Å²) in [6.45, 7) is 0.459. The molecule has 17 heavy (non-hydrogen) atoms. The fourth-order valence-corrected chi connectivity index (χ4v) is 1.90. The number of anilines is 2. The van der Waals surface area contributed by atoms with Gasteiger partial charge in [-0.1, -0.05) is 11.6 Å². The Labute approximate surface area is 105 Å². The zero-order valence-electron chi connectivity index (χ0n) is 9.40. The van der Waals surface area contributed by atoms with E-state index in [0.29, 0.717) is 29.4 Å². The second kappa shape index (κ2) is 5.41. The number of benzene rings is 1. The number of carbonyl (C=O) groups excluding carboxylic acids is 1. The Bertz CT molecular complexity index is 481. The molecule has 0 aliphatic carbocycles. The van der Waals surface area contributed by atoms with Crippen molar-refractivity contribution in [2.24, 2.45) is 5.73 Å². The fourth-order valence-electron chi connectivity index (χ4n) is 1.53. The molecule has 6 heteroatoms. The molecule has 0 fully saturated rings. The van der Waals surface area contributed by atoms with E-state index in [2.05, 4.69) is 0 Å². The van der Waals surface area contributed by atoms with Gasteiger partial charge in [0.2, 0.25) is 0 Å². The molecule has 1 aromatic carbocycles. The largest absolute Gasteiger partial charge is 0.399 e. The highest BCUT2D eigenvalue weighted by atomic mass is 35.5. The highest BCUT2D eigenvalue weighted by Crippen LogP contribution is 2.31. The summed E-state index contributed by atoms with van der Waals surface area (Å²) in [4.78, 5) is 13.0. The van der Waals surface area contributed by atoms with E-state index in [4.69, 9.17) is 28.3 Å². The lowest BCUT2D eigenvalue weighted by molar-refractivity contribution is 0.100. The Kier molecular flexibility index (Phi) is 4.18. The number of halogens is 1. The second-order valence-electron chi connectivity index (χ2n) is 3.59. The van der Waals surface area contributed by atoms with Crippen LogP contribution in [0.25, 0.3) is 0 Å². The van der Waals surface area contributed by atoms with Gasteiger partial charge in [0.1, 0.15) is 0 Å². The summed E-state index contributed by atoms with van der Waals surface area (Å²) < 4.78 is 0. The molecular weight excluding hydrogens is 240 g/mol. The maximum Gasteiger partial charge on any atom is 0.250 e. The van der Waals surface area contributed by atoms with E-state index in [1.165, 1.54) is 6.07 Å². The lowest BCUT2D eigenvalue weighted by Gasteiger charge is -2.22. The number of nitrogen functional groups attached to an aromatic ring is 1. The van der Waals surface area contributed by atoms with Crippen molar-refractivity contribution in [1.82, 2.24) is 0 Å². The van der Waals surface area contributed by atoms with Crippen molar-refractivity contribution < 1.29 is 4.79 Å². The molecule has 1 rings (SSSR count). The number of nitrogens with zero attached hydrogens (tertiary/aromatic N) is 2. The standard InChI is InChI=1S/C11H13ClN4O/c1-16(4-2-3-13)10-8(11(15)17)5-7(14)6-9(10)12/h5-6H,2,4,14H2,1H3,(H2,15,17). The molecule has 0 unspecified atom stereocenters.